The number of hydrogen-bond acceptors (Lipinski definition) is 4. The average molecular weight is 295 g/mol. The molecule has 2 unspecified atom stereocenters. The van der Waals surface area contributed by atoms with Crippen molar-refractivity contribution < 1.29 is 0 Å². The van der Waals surface area contributed by atoms with Gasteiger partial charge in [0.25, 0.3) is 0 Å². The number of nitrogens with two attached hydrogens (primary N) is 1. The second-order valence-corrected chi connectivity index (χ2v) is 6.68. The topological polar surface area (TPSA) is 32.5 Å². The molecule has 0 aromatic carbocycles. The molecule has 2 N–H and O–H groups in total. The third kappa shape index (κ3) is 3.61. The van der Waals surface area contributed by atoms with Crippen LogP contribution in [0.5, 0.6) is 0 Å². The Morgan fingerprint density at radius 1 is 1.40 bits per heavy atom. The molecule has 0 radical (unpaired) electrons. The van der Waals surface area contributed by atoms with Crippen LogP contribution in [0, 0.1) is 0 Å². The molecule has 1 saturated heterocycles. The maximum absolute atomic E-state index is 6.42. The lowest BCUT2D eigenvalue weighted by atomic mass is 9.94. The third-order valence-corrected chi connectivity index (χ3v) is 5.48. The maximum atomic E-state index is 6.42. The first-order chi connectivity index (χ1) is 9.67. The van der Waals surface area contributed by atoms with Gasteiger partial charge in [0, 0.05) is 12.1 Å². The van der Waals surface area contributed by atoms with Crippen LogP contribution < -0.4 is 5.73 Å². The van der Waals surface area contributed by atoms with E-state index >= 15 is 0 Å². The van der Waals surface area contributed by atoms with E-state index in [2.05, 4.69) is 47.5 Å². The lowest BCUT2D eigenvalue weighted by molar-refractivity contribution is 0.0867. The number of hydrogen-bond donors (Lipinski definition) is 1. The quantitative estimate of drug-likeness (QED) is 0.876. The summed E-state index contributed by atoms with van der Waals surface area (Å²) in [6.45, 7) is 8.08. The van der Waals surface area contributed by atoms with Crippen molar-refractivity contribution in [3.8, 4) is 0 Å². The monoisotopic (exact) mass is 295 g/mol. The van der Waals surface area contributed by atoms with Crippen LogP contribution in [0.1, 0.15) is 44.7 Å². The van der Waals surface area contributed by atoms with Gasteiger partial charge in [0.05, 0.1) is 6.04 Å². The number of likely N-dealkylation sites (tertiary alicyclic amines) is 1. The molecule has 0 spiro atoms. The van der Waals surface area contributed by atoms with Gasteiger partial charge in [-0.1, -0.05) is 13.8 Å². The zero-order valence-corrected chi connectivity index (χ0v) is 13.9. The summed E-state index contributed by atoms with van der Waals surface area (Å²) < 4.78 is 0. The molecule has 2 heterocycles. The molecular weight excluding hydrogens is 266 g/mol. The Hall–Kier alpha value is -0.420. The molecule has 1 aromatic rings. The van der Waals surface area contributed by atoms with Crippen molar-refractivity contribution in [2.24, 2.45) is 5.73 Å². The third-order valence-electron chi connectivity index (χ3n) is 4.78. The largest absolute Gasteiger partial charge is 0.326 e. The maximum Gasteiger partial charge on any atom is 0.0507 e. The molecule has 4 heteroatoms. The Bertz CT molecular complexity index is 371. The lowest BCUT2D eigenvalue weighted by Crippen LogP contribution is -2.48. The lowest BCUT2D eigenvalue weighted by Gasteiger charge is -2.42. The van der Waals surface area contributed by atoms with Crippen molar-refractivity contribution in [1.29, 1.82) is 0 Å². The van der Waals surface area contributed by atoms with Gasteiger partial charge in [0.15, 0.2) is 0 Å². The van der Waals surface area contributed by atoms with E-state index < -0.39 is 0 Å². The number of thiophene rings is 1. The van der Waals surface area contributed by atoms with Crippen molar-refractivity contribution in [3.63, 3.8) is 0 Å². The first kappa shape index (κ1) is 16.0. The van der Waals surface area contributed by atoms with Crippen LogP contribution in [0.2, 0.25) is 0 Å². The predicted octanol–water partition coefficient (Wildman–Crippen LogP) is 2.94. The van der Waals surface area contributed by atoms with Crippen LogP contribution in [0.25, 0.3) is 0 Å². The van der Waals surface area contributed by atoms with E-state index in [4.69, 9.17) is 5.73 Å². The fourth-order valence-electron chi connectivity index (χ4n) is 3.32. The molecule has 1 fully saturated rings. The van der Waals surface area contributed by atoms with Gasteiger partial charge < -0.3 is 10.6 Å². The summed E-state index contributed by atoms with van der Waals surface area (Å²) in [7, 11) is 2.27. The fraction of sp³-hybridized carbons (Fsp3) is 0.750. The van der Waals surface area contributed by atoms with E-state index in [0.29, 0.717) is 12.1 Å². The van der Waals surface area contributed by atoms with Crippen LogP contribution >= 0.6 is 11.3 Å². The molecule has 1 aliphatic rings. The van der Waals surface area contributed by atoms with E-state index in [1.54, 1.807) is 11.3 Å². The first-order valence-corrected chi connectivity index (χ1v) is 8.83. The highest BCUT2D eigenvalue weighted by atomic mass is 32.1. The van der Waals surface area contributed by atoms with Crippen molar-refractivity contribution in [1.82, 2.24) is 9.80 Å². The Morgan fingerprint density at radius 2 is 2.10 bits per heavy atom. The van der Waals surface area contributed by atoms with Crippen LogP contribution in [0.3, 0.4) is 0 Å². The van der Waals surface area contributed by atoms with Gasteiger partial charge in [0.1, 0.15) is 0 Å². The van der Waals surface area contributed by atoms with Crippen molar-refractivity contribution >= 4 is 11.3 Å². The minimum atomic E-state index is 0.221. The smallest absolute Gasteiger partial charge is 0.0507 e. The molecule has 0 aliphatic carbocycles. The molecular formula is C16H29N3S. The summed E-state index contributed by atoms with van der Waals surface area (Å²) in [4.78, 5) is 5.09. The van der Waals surface area contributed by atoms with Crippen LogP contribution in [0.4, 0.5) is 0 Å². The zero-order chi connectivity index (χ0) is 14.5. The molecule has 0 amide bonds. The molecule has 3 nitrogen and oxygen atoms in total. The van der Waals surface area contributed by atoms with E-state index in [1.807, 2.05) is 0 Å². The van der Waals surface area contributed by atoms with Crippen molar-refractivity contribution in [3.05, 3.63) is 22.4 Å². The SMILES string of the molecule is CCC(N)C(c1ccsc1)N(C)C1CCN(CC)CC1. The van der Waals surface area contributed by atoms with Gasteiger partial charge in [0.2, 0.25) is 0 Å². The zero-order valence-electron chi connectivity index (χ0n) is 13.1. The van der Waals surface area contributed by atoms with Gasteiger partial charge in [-0.15, -0.1) is 0 Å². The minimum Gasteiger partial charge on any atom is -0.326 e. The highest BCUT2D eigenvalue weighted by Crippen LogP contribution is 2.30. The highest BCUT2D eigenvalue weighted by molar-refractivity contribution is 7.07. The van der Waals surface area contributed by atoms with Gasteiger partial charge in [-0.2, -0.15) is 11.3 Å². The fourth-order valence-corrected chi connectivity index (χ4v) is 4.01. The number of rotatable bonds is 6. The summed E-state index contributed by atoms with van der Waals surface area (Å²) in [6.07, 6.45) is 3.56. The second kappa shape index (κ2) is 7.55. The standard InChI is InChI=1S/C16H29N3S/c1-4-15(17)16(13-8-11-20-12-13)18(3)14-6-9-19(5-2)10-7-14/h8,11-12,14-16H,4-7,9-10,17H2,1-3H3. The minimum absolute atomic E-state index is 0.221. The van der Waals surface area contributed by atoms with Crippen LogP contribution in [-0.2, 0) is 0 Å². The molecule has 0 bridgehead atoms. The molecule has 20 heavy (non-hydrogen) atoms. The second-order valence-electron chi connectivity index (χ2n) is 5.90. The van der Waals surface area contributed by atoms with Gasteiger partial charge in [-0.05, 0) is 68.3 Å². The number of piperidine rings is 1. The molecule has 2 rings (SSSR count). The Morgan fingerprint density at radius 3 is 2.60 bits per heavy atom. The summed E-state index contributed by atoms with van der Waals surface area (Å²) in [5.41, 5.74) is 7.82. The summed E-state index contributed by atoms with van der Waals surface area (Å²) >= 11 is 1.77. The van der Waals surface area contributed by atoms with Crippen LogP contribution in [-0.4, -0.2) is 48.6 Å². The van der Waals surface area contributed by atoms with Crippen molar-refractivity contribution in [2.45, 2.75) is 51.2 Å². The summed E-state index contributed by atoms with van der Waals surface area (Å²) in [5, 5.41) is 4.43. The predicted molar refractivity (Wildman–Crippen MR) is 88.2 cm³/mol. The normalized spacial score (nSPS) is 21.2. The first-order valence-electron chi connectivity index (χ1n) is 7.89. The molecule has 114 valence electrons. The molecule has 0 saturated carbocycles. The average Bonchev–Trinajstić information content (AvgIpc) is 3.01. The Kier molecular flexibility index (Phi) is 6.02. The van der Waals surface area contributed by atoms with Gasteiger partial charge in [-0.25, -0.2) is 0 Å². The highest BCUT2D eigenvalue weighted by Gasteiger charge is 2.30. The van der Waals surface area contributed by atoms with E-state index in [-0.39, 0.29) is 6.04 Å². The van der Waals surface area contributed by atoms with Gasteiger partial charge in [-0.3, -0.25) is 4.90 Å². The van der Waals surface area contributed by atoms with E-state index in [1.165, 1.54) is 38.0 Å². The Labute approximate surface area is 127 Å². The van der Waals surface area contributed by atoms with Crippen molar-refractivity contribution in [2.75, 3.05) is 26.7 Å². The van der Waals surface area contributed by atoms with E-state index in [0.717, 1.165) is 6.42 Å². The van der Waals surface area contributed by atoms with Crippen LogP contribution in [0.15, 0.2) is 16.8 Å². The number of likely N-dealkylation sites (N-methyl/N-ethyl adjacent to an activating group) is 1. The van der Waals surface area contributed by atoms with E-state index in [9.17, 15) is 0 Å². The molecule has 1 aromatic heterocycles. The summed E-state index contributed by atoms with van der Waals surface area (Å²) in [5.74, 6) is 0. The summed E-state index contributed by atoms with van der Waals surface area (Å²) in [6, 6.07) is 3.49. The van der Waals surface area contributed by atoms with Gasteiger partial charge >= 0.3 is 0 Å². The molecule has 2 atom stereocenters. The molecule has 1 aliphatic heterocycles. The Balaban J connectivity index is 2.05. The number of nitrogens with zero attached hydrogens (tertiary/aromatic N) is 2.